The van der Waals surface area contributed by atoms with Crippen LogP contribution in [0.2, 0.25) is 0 Å². The fraction of sp³-hybridized carbons (Fsp3) is 0.143. The number of carbonyl (C=O) groups is 1. The van der Waals surface area contributed by atoms with Crippen LogP contribution in [0.15, 0.2) is 38.8 Å². The molecule has 0 N–H and O–H groups in total. The largest absolute Gasteiger partial charge is 0.544 e. The fourth-order valence-corrected chi connectivity index (χ4v) is 2.22. The first-order valence-electron chi connectivity index (χ1n) is 6.09. The Hall–Kier alpha value is -2.79. The Labute approximate surface area is 130 Å². The van der Waals surface area contributed by atoms with Crippen LogP contribution >= 0.6 is 11.8 Å². The molecule has 0 radical (unpaired) electrons. The van der Waals surface area contributed by atoms with Crippen LogP contribution in [-0.4, -0.2) is 22.8 Å². The highest BCUT2D eigenvalue weighted by Crippen LogP contribution is 2.27. The number of aryl methyl sites for hydroxylation is 1. The summed E-state index contributed by atoms with van der Waals surface area (Å²) in [4.78, 5) is 11.1. The summed E-state index contributed by atoms with van der Waals surface area (Å²) in [5, 5.41) is 27.2. The van der Waals surface area contributed by atoms with E-state index in [2.05, 4.69) is 10.2 Å². The normalized spacial score (nSPS) is 11.0. The fourth-order valence-electron chi connectivity index (χ4n) is 1.50. The quantitative estimate of drug-likeness (QED) is 0.576. The molecule has 0 unspecified atom stereocenters. The van der Waals surface area contributed by atoms with Crippen molar-refractivity contribution in [3.05, 3.63) is 40.6 Å². The second-order valence-corrected chi connectivity index (χ2v) is 5.00. The van der Waals surface area contributed by atoms with Gasteiger partial charge >= 0.3 is 0 Å². The standard InChI is InChI=1S/C14H11N3O4S/c1-9-16-17-14(21-9)22-12(13(18)19)8-10-3-2-4-11(7-10)20-6-5-15/h2-4,7-8H,6H2,1H3,(H,18,19)/p-1/b12-8-. The monoisotopic (exact) mass is 316 g/mol. The third-order valence-corrected chi connectivity index (χ3v) is 3.21. The summed E-state index contributed by atoms with van der Waals surface area (Å²) >= 11 is 0.802. The maximum Gasteiger partial charge on any atom is 0.281 e. The van der Waals surface area contributed by atoms with Crippen molar-refractivity contribution < 1.29 is 19.1 Å². The SMILES string of the molecule is Cc1nnc(S/C(=C\c2cccc(OCC#N)c2)C(=O)[O-])o1. The molecular formula is C14H10N3O4S-. The molecule has 0 fully saturated rings. The molecule has 0 saturated heterocycles. The number of aromatic nitrogens is 2. The second kappa shape index (κ2) is 7.28. The van der Waals surface area contributed by atoms with Gasteiger partial charge in [-0.25, -0.2) is 0 Å². The molecule has 0 spiro atoms. The molecule has 0 aliphatic carbocycles. The lowest BCUT2D eigenvalue weighted by Gasteiger charge is -2.06. The third kappa shape index (κ3) is 4.36. The van der Waals surface area contributed by atoms with Crippen molar-refractivity contribution in [3.8, 4) is 11.8 Å². The van der Waals surface area contributed by atoms with Crippen molar-refractivity contribution in [1.82, 2.24) is 10.2 Å². The summed E-state index contributed by atoms with van der Waals surface area (Å²) in [7, 11) is 0. The number of benzene rings is 1. The number of carboxylic acids is 1. The molecule has 112 valence electrons. The van der Waals surface area contributed by atoms with Crippen LogP contribution in [0, 0.1) is 18.3 Å². The van der Waals surface area contributed by atoms with Gasteiger partial charge in [-0.1, -0.05) is 12.1 Å². The number of carbonyl (C=O) groups excluding carboxylic acids is 1. The zero-order valence-corrected chi connectivity index (χ0v) is 12.3. The van der Waals surface area contributed by atoms with Crippen LogP contribution in [0.3, 0.4) is 0 Å². The molecule has 8 heteroatoms. The smallest absolute Gasteiger partial charge is 0.281 e. The van der Waals surface area contributed by atoms with Gasteiger partial charge in [0.05, 0.1) is 5.97 Å². The average molecular weight is 316 g/mol. The number of nitriles is 1. The highest BCUT2D eigenvalue weighted by molar-refractivity contribution is 8.03. The number of nitrogens with zero attached hydrogens (tertiary/aromatic N) is 3. The van der Waals surface area contributed by atoms with Gasteiger partial charge in [-0.15, -0.1) is 10.2 Å². The lowest BCUT2D eigenvalue weighted by Crippen LogP contribution is -2.23. The average Bonchev–Trinajstić information content (AvgIpc) is 2.90. The molecule has 1 aromatic heterocycles. The molecule has 2 rings (SSSR count). The zero-order valence-electron chi connectivity index (χ0n) is 11.5. The van der Waals surface area contributed by atoms with Crippen molar-refractivity contribution in [3.63, 3.8) is 0 Å². The minimum absolute atomic E-state index is 0.0823. The van der Waals surface area contributed by atoms with Gasteiger partial charge in [0.25, 0.3) is 5.22 Å². The van der Waals surface area contributed by atoms with E-state index in [4.69, 9.17) is 14.4 Å². The van der Waals surface area contributed by atoms with Crippen LogP contribution in [0.4, 0.5) is 0 Å². The number of hydrogen-bond donors (Lipinski definition) is 0. The molecule has 0 amide bonds. The molecule has 2 aromatic rings. The number of hydrogen-bond acceptors (Lipinski definition) is 8. The topological polar surface area (TPSA) is 112 Å². The van der Waals surface area contributed by atoms with Crippen molar-refractivity contribution in [2.75, 3.05) is 6.61 Å². The highest BCUT2D eigenvalue weighted by Gasteiger charge is 2.09. The van der Waals surface area contributed by atoms with E-state index in [1.54, 1.807) is 31.2 Å². The summed E-state index contributed by atoms with van der Waals surface area (Å²) in [6.07, 6.45) is 1.40. The highest BCUT2D eigenvalue weighted by atomic mass is 32.2. The maximum atomic E-state index is 11.2. The Morgan fingerprint density at radius 1 is 1.55 bits per heavy atom. The summed E-state index contributed by atoms with van der Waals surface area (Å²) in [5.41, 5.74) is 0.582. The van der Waals surface area contributed by atoms with Gasteiger partial charge in [0, 0.05) is 11.8 Å². The second-order valence-electron chi connectivity index (χ2n) is 4.00. The first kappa shape index (κ1) is 15.6. The van der Waals surface area contributed by atoms with Crippen molar-refractivity contribution >= 4 is 23.8 Å². The van der Waals surface area contributed by atoms with Crippen LogP contribution in [-0.2, 0) is 4.79 Å². The van der Waals surface area contributed by atoms with Gasteiger partial charge in [0.15, 0.2) is 6.61 Å². The molecule has 1 heterocycles. The Kier molecular flexibility index (Phi) is 5.16. The Balaban J connectivity index is 2.22. The van der Waals surface area contributed by atoms with E-state index in [-0.39, 0.29) is 16.7 Å². The third-order valence-electron chi connectivity index (χ3n) is 2.37. The van der Waals surface area contributed by atoms with E-state index in [0.29, 0.717) is 17.2 Å². The maximum absolute atomic E-state index is 11.2. The Morgan fingerprint density at radius 2 is 2.36 bits per heavy atom. The predicted octanol–water partition coefficient (Wildman–Crippen LogP) is 1.16. The predicted molar refractivity (Wildman–Crippen MR) is 75.4 cm³/mol. The number of ether oxygens (including phenoxy) is 1. The van der Waals surface area contributed by atoms with Gasteiger partial charge < -0.3 is 19.1 Å². The van der Waals surface area contributed by atoms with Crippen LogP contribution in [0.5, 0.6) is 5.75 Å². The van der Waals surface area contributed by atoms with Crippen molar-refractivity contribution in [2.45, 2.75) is 12.1 Å². The summed E-state index contributed by atoms with van der Waals surface area (Å²) in [6, 6.07) is 8.52. The molecular weight excluding hydrogens is 306 g/mol. The molecule has 0 bridgehead atoms. The van der Waals surface area contributed by atoms with E-state index in [9.17, 15) is 9.90 Å². The van der Waals surface area contributed by atoms with Crippen molar-refractivity contribution in [1.29, 1.82) is 5.26 Å². The minimum Gasteiger partial charge on any atom is -0.544 e. The van der Waals surface area contributed by atoms with Gasteiger partial charge in [0.1, 0.15) is 11.8 Å². The number of carboxylic acid groups (broad SMARTS) is 1. The van der Waals surface area contributed by atoms with Gasteiger partial charge in [0.2, 0.25) is 5.89 Å². The summed E-state index contributed by atoms with van der Waals surface area (Å²) in [6.45, 7) is 1.52. The van der Waals surface area contributed by atoms with Crippen LogP contribution in [0.25, 0.3) is 6.08 Å². The summed E-state index contributed by atoms with van der Waals surface area (Å²) in [5.74, 6) is -0.553. The minimum atomic E-state index is -1.36. The molecule has 7 nitrogen and oxygen atoms in total. The molecule has 0 aliphatic rings. The van der Waals surface area contributed by atoms with Crippen LogP contribution < -0.4 is 9.84 Å². The van der Waals surface area contributed by atoms with Crippen molar-refractivity contribution in [2.24, 2.45) is 0 Å². The lowest BCUT2D eigenvalue weighted by molar-refractivity contribution is -0.298. The van der Waals surface area contributed by atoms with E-state index >= 15 is 0 Å². The van der Waals surface area contributed by atoms with E-state index in [1.807, 2.05) is 6.07 Å². The Bertz CT molecular complexity index is 749. The molecule has 0 aliphatic heterocycles. The number of aliphatic carboxylic acids is 1. The van der Waals surface area contributed by atoms with Gasteiger partial charge in [-0.2, -0.15) is 5.26 Å². The van der Waals surface area contributed by atoms with Gasteiger partial charge in [-0.05, 0) is 35.5 Å². The van der Waals surface area contributed by atoms with E-state index in [1.165, 1.54) is 6.08 Å². The first-order chi connectivity index (χ1) is 10.6. The molecule has 1 aromatic carbocycles. The number of rotatable bonds is 6. The van der Waals surface area contributed by atoms with Crippen LogP contribution in [0.1, 0.15) is 11.5 Å². The zero-order chi connectivity index (χ0) is 15.9. The molecule has 0 saturated carbocycles. The number of thioether (sulfide) groups is 1. The molecule has 0 atom stereocenters. The first-order valence-corrected chi connectivity index (χ1v) is 6.91. The lowest BCUT2D eigenvalue weighted by atomic mass is 10.2. The Morgan fingerprint density at radius 3 is 3.00 bits per heavy atom. The molecule has 22 heavy (non-hydrogen) atoms. The summed E-state index contributed by atoms with van der Waals surface area (Å²) < 4.78 is 10.3. The van der Waals surface area contributed by atoms with E-state index < -0.39 is 5.97 Å². The van der Waals surface area contributed by atoms with E-state index in [0.717, 1.165) is 11.8 Å². The van der Waals surface area contributed by atoms with Gasteiger partial charge in [-0.3, -0.25) is 0 Å².